The minimum atomic E-state index is -0.172. The van der Waals surface area contributed by atoms with Crippen molar-refractivity contribution in [1.29, 1.82) is 0 Å². The van der Waals surface area contributed by atoms with E-state index in [9.17, 15) is 9.59 Å². The number of nitrogens with one attached hydrogen (secondary N) is 1. The van der Waals surface area contributed by atoms with E-state index in [0.717, 1.165) is 18.8 Å². The second-order valence-corrected chi connectivity index (χ2v) is 7.39. The summed E-state index contributed by atoms with van der Waals surface area (Å²) < 4.78 is 1.52. The molecule has 0 aliphatic carbocycles. The zero-order valence-corrected chi connectivity index (χ0v) is 16.4. The molecule has 3 aromatic rings. The van der Waals surface area contributed by atoms with Gasteiger partial charge in [-0.25, -0.2) is 9.97 Å². The van der Waals surface area contributed by atoms with E-state index >= 15 is 0 Å². The van der Waals surface area contributed by atoms with Crippen molar-refractivity contribution in [2.24, 2.45) is 7.05 Å². The molecule has 1 fully saturated rings. The van der Waals surface area contributed by atoms with Crippen LogP contribution in [0.15, 0.2) is 41.3 Å². The predicted octanol–water partition coefficient (Wildman–Crippen LogP) is 2.30. The first-order valence-electron chi connectivity index (χ1n) is 9.08. The average molecular weight is 398 g/mol. The van der Waals surface area contributed by atoms with Crippen molar-refractivity contribution in [1.82, 2.24) is 19.9 Å². The van der Waals surface area contributed by atoms with E-state index in [-0.39, 0.29) is 17.5 Å². The van der Waals surface area contributed by atoms with Gasteiger partial charge in [0.2, 0.25) is 0 Å². The highest BCUT2D eigenvalue weighted by molar-refractivity contribution is 6.32. The lowest BCUT2D eigenvalue weighted by atomic mass is 10.1. The first-order chi connectivity index (χ1) is 13.4. The molecule has 1 unspecified atom stereocenters. The van der Waals surface area contributed by atoms with E-state index in [2.05, 4.69) is 20.2 Å². The molecule has 3 heterocycles. The predicted molar refractivity (Wildman–Crippen MR) is 109 cm³/mol. The molecule has 144 valence electrons. The molecule has 1 aromatic carbocycles. The van der Waals surface area contributed by atoms with E-state index in [1.807, 2.05) is 6.07 Å². The summed E-state index contributed by atoms with van der Waals surface area (Å²) in [6.07, 6.45) is 2.52. The Hall–Kier alpha value is -2.93. The van der Waals surface area contributed by atoms with Crippen LogP contribution in [0.2, 0.25) is 5.02 Å². The van der Waals surface area contributed by atoms with Crippen molar-refractivity contribution < 1.29 is 4.79 Å². The normalized spacial score (nSPS) is 16.5. The van der Waals surface area contributed by atoms with Crippen molar-refractivity contribution in [2.75, 3.05) is 18.0 Å². The molecule has 0 saturated carbocycles. The second-order valence-electron chi connectivity index (χ2n) is 6.98. The lowest BCUT2D eigenvalue weighted by Gasteiger charge is -2.19. The van der Waals surface area contributed by atoms with Crippen LogP contribution in [0.4, 0.5) is 5.82 Å². The molecule has 1 aliphatic rings. The van der Waals surface area contributed by atoms with Gasteiger partial charge in [0.1, 0.15) is 11.5 Å². The third-order valence-corrected chi connectivity index (χ3v) is 5.36. The number of rotatable bonds is 3. The lowest BCUT2D eigenvalue weighted by molar-refractivity contribution is 0.0940. The summed E-state index contributed by atoms with van der Waals surface area (Å²) in [6, 6.07) is 8.82. The van der Waals surface area contributed by atoms with Crippen molar-refractivity contribution in [2.45, 2.75) is 19.4 Å². The molecular formula is C20H20ClN5O2. The first-order valence-corrected chi connectivity index (χ1v) is 9.45. The number of benzene rings is 1. The number of amides is 1. The number of hydrogen-bond acceptors (Lipinski definition) is 5. The molecule has 0 spiro atoms. The third-order valence-electron chi connectivity index (χ3n) is 5.06. The van der Waals surface area contributed by atoms with Gasteiger partial charge in [0, 0.05) is 37.9 Å². The molecule has 7 nitrogen and oxygen atoms in total. The molecule has 0 bridgehead atoms. The number of aryl methyl sites for hydroxylation is 2. The van der Waals surface area contributed by atoms with E-state index < -0.39 is 0 Å². The minimum absolute atomic E-state index is 0.00114. The molecule has 1 aliphatic heterocycles. The fraction of sp³-hybridized carbons (Fsp3) is 0.300. The fourth-order valence-electron chi connectivity index (χ4n) is 3.56. The smallest absolute Gasteiger partial charge is 0.272 e. The van der Waals surface area contributed by atoms with Crippen LogP contribution < -0.4 is 15.8 Å². The van der Waals surface area contributed by atoms with Crippen LogP contribution in [-0.4, -0.2) is 39.6 Å². The number of carbonyl (C=O) groups excluding carboxylic acids is 1. The van der Waals surface area contributed by atoms with Crippen LogP contribution in [0.3, 0.4) is 0 Å². The number of halogens is 1. The largest absolute Gasteiger partial charge is 0.353 e. The Balaban J connectivity index is 1.51. The monoisotopic (exact) mass is 397 g/mol. The van der Waals surface area contributed by atoms with Crippen molar-refractivity contribution in [3.63, 3.8) is 0 Å². The van der Waals surface area contributed by atoms with Gasteiger partial charge in [-0.2, -0.15) is 0 Å². The second kappa shape index (κ2) is 7.24. The van der Waals surface area contributed by atoms with Gasteiger partial charge >= 0.3 is 0 Å². The summed E-state index contributed by atoms with van der Waals surface area (Å²) in [6.45, 7) is 3.11. The Morgan fingerprint density at radius 1 is 1.32 bits per heavy atom. The highest BCUT2D eigenvalue weighted by Crippen LogP contribution is 2.26. The number of carbonyl (C=O) groups is 1. The Morgan fingerprint density at radius 3 is 2.93 bits per heavy atom. The minimum Gasteiger partial charge on any atom is -0.353 e. The number of anilines is 1. The average Bonchev–Trinajstić information content (AvgIpc) is 3.14. The zero-order chi connectivity index (χ0) is 19.8. The molecule has 1 amide bonds. The third kappa shape index (κ3) is 3.33. The molecule has 8 heteroatoms. The number of hydrogen-bond donors (Lipinski definition) is 1. The first kappa shape index (κ1) is 18.4. The molecule has 28 heavy (non-hydrogen) atoms. The molecule has 1 saturated heterocycles. The number of fused-ring (bicyclic) bond motifs is 1. The van der Waals surface area contributed by atoms with Crippen LogP contribution in [0.1, 0.15) is 22.5 Å². The van der Waals surface area contributed by atoms with Gasteiger partial charge in [0.05, 0.1) is 16.1 Å². The molecule has 0 radical (unpaired) electrons. The summed E-state index contributed by atoms with van der Waals surface area (Å²) in [5.41, 5.74) is 2.10. The van der Waals surface area contributed by atoms with Crippen LogP contribution >= 0.6 is 11.6 Å². The SMILES string of the molecule is Cc1nc2ccc(C(=O)NC3CCN(c4ncccc4Cl)C3)cc2n(C)c1=O. The maximum atomic E-state index is 12.7. The summed E-state index contributed by atoms with van der Waals surface area (Å²) in [7, 11) is 1.69. The van der Waals surface area contributed by atoms with Crippen molar-refractivity contribution >= 4 is 34.4 Å². The maximum absolute atomic E-state index is 12.7. The Labute approximate surface area is 167 Å². The molecular weight excluding hydrogens is 378 g/mol. The molecule has 1 N–H and O–H groups in total. The number of aromatic nitrogens is 3. The quantitative estimate of drug-likeness (QED) is 0.733. The summed E-state index contributed by atoms with van der Waals surface area (Å²) >= 11 is 6.22. The van der Waals surface area contributed by atoms with Gasteiger partial charge < -0.3 is 14.8 Å². The van der Waals surface area contributed by atoms with Gasteiger partial charge in [-0.3, -0.25) is 9.59 Å². The molecule has 4 rings (SSSR count). The Kier molecular flexibility index (Phi) is 4.77. The maximum Gasteiger partial charge on any atom is 0.272 e. The summed E-state index contributed by atoms with van der Waals surface area (Å²) in [5.74, 6) is 0.567. The van der Waals surface area contributed by atoms with Crippen LogP contribution in [0, 0.1) is 6.92 Å². The van der Waals surface area contributed by atoms with Crippen molar-refractivity contribution in [3.8, 4) is 0 Å². The van der Waals surface area contributed by atoms with Gasteiger partial charge in [-0.05, 0) is 43.7 Å². The molecule has 2 aromatic heterocycles. The standard InChI is InChI=1S/C20H20ClN5O2/c1-12-20(28)25(2)17-10-13(5-6-16(17)23-12)19(27)24-14-7-9-26(11-14)18-15(21)4-3-8-22-18/h3-6,8,10,14H,7,9,11H2,1-2H3,(H,24,27). The topological polar surface area (TPSA) is 80.1 Å². The van der Waals surface area contributed by atoms with Gasteiger partial charge in [0.25, 0.3) is 11.5 Å². The van der Waals surface area contributed by atoms with E-state index in [1.54, 1.807) is 44.4 Å². The van der Waals surface area contributed by atoms with Crippen LogP contribution in [-0.2, 0) is 7.05 Å². The number of nitrogens with zero attached hydrogens (tertiary/aromatic N) is 4. The van der Waals surface area contributed by atoms with Gasteiger partial charge in [0.15, 0.2) is 0 Å². The fourth-order valence-corrected chi connectivity index (χ4v) is 3.80. The van der Waals surface area contributed by atoms with Gasteiger partial charge in [-0.1, -0.05) is 11.6 Å². The summed E-state index contributed by atoms with van der Waals surface area (Å²) in [4.78, 5) is 35.6. The van der Waals surface area contributed by atoms with E-state index in [1.165, 1.54) is 4.57 Å². The van der Waals surface area contributed by atoms with E-state index in [0.29, 0.717) is 33.9 Å². The Morgan fingerprint density at radius 2 is 2.14 bits per heavy atom. The zero-order valence-electron chi connectivity index (χ0n) is 15.6. The van der Waals surface area contributed by atoms with Crippen molar-refractivity contribution in [3.05, 3.63) is 63.2 Å². The summed E-state index contributed by atoms with van der Waals surface area (Å²) in [5, 5.41) is 3.67. The highest BCUT2D eigenvalue weighted by atomic mass is 35.5. The van der Waals surface area contributed by atoms with Gasteiger partial charge in [-0.15, -0.1) is 0 Å². The highest BCUT2D eigenvalue weighted by Gasteiger charge is 2.26. The lowest BCUT2D eigenvalue weighted by Crippen LogP contribution is -2.37. The molecule has 1 atom stereocenters. The Bertz CT molecular complexity index is 1130. The number of pyridine rings is 1. The van der Waals surface area contributed by atoms with E-state index in [4.69, 9.17) is 11.6 Å². The van der Waals surface area contributed by atoms with Crippen LogP contribution in [0.5, 0.6) is 0 Å². The van der Waals surface area contributed by atoms with Crippen LogP contribution in [0.25, 0.3) is 11.0 Å².